The summed E-state index contributed by atoms with van der Waals surface area (Å²) in [5.74, 6) is -1.37. The lowest BCUT2D eigenvalue weighted by atomic mass is 10.3. The molecule has 1 rings (SSSR count). The molecule has 0 aliphatic heterocycles. The van der Waals surface area contributed by atoms with Gasteiger partial charge in [0.15, 0.2) is 0 Å². The zero-order valence-electron chi connectivity index (χ0n) is 9.95. The summed E-state index contributed by atoms with van der Waals surface area (Å²) >= 11 is 5.69. The molecule has 110 valence electrons. The number of anilines is 1. The fraction of sp³-hybridized carbons (Fsp3) is 0.273. The van der Waals surface area contributed by atoms with Crippen LogP contribution < -0.4 is 10.2 Å². The van der Waals surface area contributed by atoms with Crippen LogP contribution in [0.15, 0.2) is 24.3 Å². The van der Waals surface area contributed by atoms with Gasteiger partial charge in [0.2, 0.25) is 0 Å². The average Bonchev–Trinajstić information content (AvgIpc) is 2.32. The number of urea groups is 1. The number of carbonyl (C=O) groups excluding carboxylic acids is 1. The maximum Gasteiger partial charge on any atom is 0.405 e. The second kappa shape index (κ2) is 6.47. The number of hydrogen-bond donors (Lipinski definition) is 2. The van der Waals surface area contributed by atoms with Gasteiger partial charge in [-0.25, -0.2) is 4.79 Å². The van der Waals surface area contributed by atoms with Crippen LogP contribution in [-0.4, -0.2) is 36.4 Å². The largest absolute Gasteiger partial charge is 0.480 e. The number of carbonyl (C=O) groups is 2. The predicted molar refractivity (Wildman–Crippen MR) is 65.9 cm³/mol. The molecule has 2 N–H and O–H groups in total. The number of carboxylic acid groups (broad SMARTS) is 1. The highest BCUT2D eigenvalue weighted by molar-refractivity contribution is 6.30. The smallest absolute Gasteiger partial charge is 0.405 e. The molecule has 0 radical (unpaired) electrons. The van der Waals surface area contributed by atoms with Crippen molar-refractivity contribution in [2.45, 2.75) is 6.18 Å². The molecule has 0 saturated carbocycles. The second-order valence-corrected chi connectivity index (χ2v) is 4.17. The molecule has 20 heavy (non-hydrogen) atoms. The number of rotatable bonds is 4. The van der Waals surface area contributed by atoms with E-state index >= 15 is 0 Å². The van der Waals surface area contributed by atoms with Crippen molar-refractivity contribution in [1.29, 1.82) is 0 Å². The second-order valence-electron chi connectivity index (χ2n) is 3.73. The Morgan fingerprint density at radius 3 is 2.50 bits per heavy atom. The quantitative estimate of drug-likeness (QED) is 0.897. The lowest BCUT2D eigenvalue weighted by Gasteiger charge is -2.22. The van der Waals surface area contributed by atoms with Crippen molar-refractivity contribution >= 4 is 29.3 Å². The molecular weight excluding hydrogens is 301 g/mol. The number of hydrogen-bond acceptors (Lipinski definition) is 2. The third-order valence-electron chi connectivity index (χ3n) is 2.10. The van der Waals surface area contributed by atoms with Crippen molar-refractivity contribution in [3.05, 3.63) is 29.3 Å². The zero-order valence-corrected chi connectivity index (χ0v) is 10.7. The van der Waals surface area contributed by atoms with Crippen LogP contribution in [0.5, 0.6) is 0 Å². The SMILES string of the molecule is O=C(O)CN(C(=O)NCC(F)(F)F)c1cccc(Cl)c1. The first-order valence-electron chi connectivity index (χ1n) is 5.28. The number of amides is 2. The summed E-state index contributed by atoms with van der Waals surface area (Å²) in [7, 11) is 0. The molecule has 0 spiro atoms. The van der Waals surface area contributed by atoms with E-state index in [1.807, 2.05) is 0 Å². The highest BCUT2D eigenvalue weighted by Crippen LogP contribution is 2.20. The fourth-order valence-corrected chi connectivity index (χ4v) is 1.52. The Bertz CT molecular complexity index is 508. The number of aliphatic carboxylic acids is 1. The molecule has 0 bridgehead atoms. The number of nitrogens with one attached hydrogen (secondary N) is 1. The van der Waals surface area contributed by atoms with Crippen molar-refractivity contribution in [3.8, 4) is 0 Å². The van der Waals surface area contributed by atoms with E-state index in [2.05, 4.69) is 0 Å². The lowest BCUT2D eigenvalue weighted by Crippen LogP contribution is -2.46. The van der Waals surface area contributed by atoms with E-state index in [0.29, 0.717) is 4.90 Å². The molecule has 2 amide bonds. The Kier molecular flexibility index (Phi) is 5.20. The van der Waals surface area contributed by atoms with Gasteiger partial charge in [0.05, 0.1) is 0 Å². The van der Waals surface area contributed by atoms with Crippen LogP contribution in [0.25, 0.3) is 0 Å². The minimum Gasteiger partial charge on any atom is -0.480 e. The molecule has 0 aliphatic rings. The topological polar surface area (TPSA) is 69.6 Å². The maximum atomic E-state index is 12.0. The Morgan fingerprint density at radius 1 is 1.35 bits per heavy atom. The molecule has 1 aromatic rings. The highest BCUT2D eigenvalue weighted by Gasteiger charge is 2.29. The standard InChI is InChI=1S/C11H10ClF3N2O3/c12-7-2-1-3-8(4-7)17(5-9(18)19)10(20)16-6-11(13,14)15/h1-4H,5-6H2,(H,16,20)(H,18,19). The summed E-state index contributed by atoms with van der Waals surface area (Å²) in [5, 5.41) is 10.5. The Balaban J connectivity index is 2.89. The first kappa shape index (κ1) is 16.1. The molecule has 5 nitrogen and oxygen atoms in total. The minimum atomic E-state index is -4.58. The average molecular weight is 311 g/mol. The van der Waals surface area contributed by atoms with Gasteiger partial charge in [0.25, 0.3) is 0 Å². The molecule has 0 aliphatic carbocycles. The molecule has 0 fully saturated rings. The number of carboxylic acids is 1. The number of alkyl halides is 3. The number of halogens is 4. The van der Waals surface area contributed by atoms with Crippen molar-refractivity contribution in [1.82, 2.24) is 5.32 Å². The third-order valence-corrected chi connectivity index (χ3v) is 2.33. The summed E-state index contributed by atoms with van der Waals surface area (Å²) in [6, 6.07) is 4.40. The van der Waals surface area contributed by atoms with Crippen LogP contribution in [-0.2, 0) is 4.79 Å². The monoisotopic (exact) mass is 310 g/mol. The normalized spacial score (nSPS) is 11.0. The molecule has 0 atom stereocenters. The van der Waals surface area contributed by atoms with Gasteiger partial charge in [-0.3, -0.25) is 9.69 Å². The molecule has 0 unspecified atom stereocenters. The van der Waals surface area contributed by atoms with Gasteiger partial charge in [-0.15, -0.1) is 0 Å². The van der Waals surface area contributed by atoms with Crippen molar-refractivity contribution < 1.29 is 27.9 Å². The summed E-state index contributed by atoms with van der Waals surface area (Å²) in [6.07, 6.45) is -4.58. The van der Waals surface area contributed by atoms with Gasteiger partial charge in [-0.2, -0.15) is 13.2 Å². The van der Waals surface area contributed by atoms with Crippen molar-refractivity contribution in [2.24, 2.45) is 0 Å². The Labute approximate surface area is 116 Å². The van der Waals surface area contributed by atoms with Crippen LogP contribution in [0, 0.1) is 0 Å². The highest BCUT2D eigenvalue weighted by atomic mass is 35.5. The molecule has 0 aromatic heterocycles. The zero-order chi connectivity index (χ0) is 15.3. The summed E-state index contributed by atoms with van der Waals surface area (Å²) in [6.45, 7) is -2.34. The van der Waals surface area contributed by atoms with Gasteiger partial charge in [-0.05, 0) is 18.2 Å². The molecule has 0 saturated heterocycles. The van der Waals surface area contributed by atoms with Crippen LogP contribution in [0.2, 0.25) is 5.02 Å². The van der Waals surface area contributed by atoms with Crippen LogP contribution in [0.4, 0.5) is 23.7 Å². The first-order valence-corrected chi connectivity index (χ1v) is 5.66. The van der Waals surface area contributed by atoms with E-state index in [4.69, 9.17) is 16.7 Å². The van der Waals surface area contributed by atoms with E-state index in [1.165, 1.54) is 24.3 Å². The molecular formula is C11H10ClF3N2O3. The number of benzene rings is 1. The van der Waals surface area contributed by atoms with Gasteiger partial charge >= 0.3 is 18.2 Å². The van der Waals surface area contributed by atoms with Gasteiger partial charge in [0, 0.05) is 10.7 Å². The minimum absolute atomic E-state index is 0.0829. The van der Waals surface area contributed by atoms with E-state index < -0.39 is 31.3 Å². The van der Waals surface area contributed by atoms with E-state index in [1.54, 1.807) is 5.32 Å². The summed E-state index contributed by atoms with van der Waals surface area (Å²) in [4.78, 5) is 23.0. The summed E-state index contributed by atoms with van der Waals surface area (Å²) < 4.78 is 36.1. The van der Waals surface area contributed by atoms with E-state index in [0.717, 1.165) is 0 Å². The predicted octanol–water partition coefficient (Wildman–Crippen LogP) is 2.50. The van der Waals surface area contributed by atoms with Crippen LogP contribution >= 0.6 is 11.6 Å². The van der Waals surface area contributed by atoms with Gasteiger partial charge in [-0.1, -0.05) is 17.7 Å². The van der Waals surface area contributed by atoms with Gasteiger partial charge < -0.3 is 10.4 Å². The van der Waals surface area contributed by atoms with Gasteiger partial charge in [0.1, 0.15) is 13.1 Å². The first-order chi connectivity index (χ1) is 9.19. The number of nitrogens with zero attached hydrogens (tertiary/aromatic N) is 1. The Hall–Kier alpha value is -1.96. The lowest BCUT2D eigenvalue weighted by molar-refractivity contribution is -0.135. The maximum absolute atomic E-state index is 12.0. The molecule has 0 heterocycles. The third kappa shape index (κ3) is 5.35. The fourth-order valence-electron chi connectivity index (χ4n) is 1.33. The van der Waals surface area contributed by atoms with Crippen molar-refractivity contribution in [3.63, 3.8) is 0 Å². The summed E-state index contributed by atoms with van der Waals surface area (Å²) in [5.41, 5.74) is 0.0829. The van der Waals surface area contributed by atoms with Crippen LogP contribution in [0.3, 0.4) is 0 Å². The van der Waals surface area contributed by atoms with E-state index in [-0.39, 0.29) is 10.7 Å². The Morgan fingerprint density at radius 2 is 2.00 bits per heavy atom. The van der Waals surface area contributed by atoms with E-state index in [9.17, 15) is 22.8 Å². The molecule has 9 heteroatoms. The van der Waals surface area contributed by atoms with Crippen molar-refractivity contribution in [2.75, 3.05) is 18.0 Å². The van der Waals surface area contributed by atoms with Crippen LogP contribution in [0.1, 0.15) is 0 Å². The molecule has 1 aromatic carbocycles.